The first-order chi connectivity index (χ1) is 7.66. The average Bonchev–Trinajstić information content (AvgIpc) is 2.69. The van der Waals surface area contributed by atoms with Gasteiger partial charge in [0.15, 0.2) is 0 Å². The van der Waals surface area contributed by atoms with Gasteiger partial charge in [0.05, 0.1) is 12.1 Å². The Morgan fingerprint density at radius 1 is 1.31 bits per heavy atom. The quantitative estimate of drug-likeness (QED) is 0.830. The molecule has 0 saturated heterocycles. The maximum atomic E-state index is 9.19. The van der Waals surface area contributed by atoms with Gasteiger partial charge in [-0.3, -0.25) is 0 Å². The van der Waals surface area contributed by atoms with Gasteiger partial charge in [0.25, 0.3) is 0 Å². The molecule has 2 N–H and O–H groups in total. The van der Waals surface area contributed by atoms with E-state index in [-0.39, 0.29) is 12.1 Å². The van der Waals surface area contributed by atoms with Crippen LogP contribution in [0, 0.1) is 0 Å². The first-order valence-corrected chi connectivity index (χ1v) is 5.57. The molecule has 2 atom stereocenters. The molecule has 86 valence electrons. The molecular formula is C13H17NO2. The molecule has 0 spiro atoms. The van der Waals surface area contributed by atoms with Gasteiger partial charge < -0.3 is 14.8 Å². The number of benzene rings is 1. The van der Waals surface area contributed by atoms with E-state index in [4.69, 9.17) is 4.42 Å². The van der Waals surface area contributed by atoms with Crippen LogP contribution in [0.25, 0.3) is 11.0 Å². The standard InChI is InChI=1S/C13H17NO2/c1-9(15)8-14-10(2)13-7-11-5-3-4-6-12(11)16-13/h3-7,9-10,14-15H,8H2,1-2H3. The maximum Gasteiger partial charge on any atom is 0.134 e. The lowest BCUT2D eigenvalue weighted by Crippen LogP contribution is -2.26. The highest BCUT2D eigenvalue weighted by Gasteiger charge is 2.11. The summed E-state index contributed by atoms with van der Waals surface area (Å²) in [4.78, 5) is 0. The van der Waals surface area contributed by atoms with Crippen LogP contribution in [0.5, 0.6) is 0 Å². The fourth-order valence-corrected chi connectivity index (χ4v) is 1.66. The minimum Gasteiger partial charge on any atom is -0.459 e. The Hall–Kier alpha value is -1.32. The Kier molecular flexibility index (Phi) is 3.27. The summed E-state index contributed by atoms with van der Waals surface area (Å²) in [5.74, 6) is 0.904. The van der Waals surface area contributed by atoms with Gasteiger partial charge in [-0.05, 0) is 26.0 Å². The largest absolute Gasteiger partial charge is 0.459 e. The van der Waals surface area contributed by atoms with E-state index >= 15 is 0 Å². The minimum absolute atomic E-state index is 0.113. The highest BCUT2D eigenvalue weighted by Crippen LogP contribution is 2.23. The fourth-order valence-electron chi connectivity index (χ4n) is 1.66. The lowest BCUT2D eigenvalue weighted by molar-refractivity contribution is 0.185. The van der Waals surface area contributed by atoms with Crippen molar-refractivity contribution >= 4 is 11.0 Å². The lowest BCUT2D eigenvalue weighted by Gasteiger charge is -2.12. The van der Waals surface area contributed by atoms with Crippen LogP contribution in [-0.4, -0.2) is 17.8 Å². The van der Waals surface area contributed by atoms with Crippen LogP contribution in [0.2, 0.25) is 0 Å². The highest BCUT2D eigenvalue weighted by molar-refractivity contribution is 5.77. The molecule has 3 heteroatoms. The molecule has 16 heavy (non-hydrogen) atoms. The first-order valence-electron chi connectivity index (χ1n) is 5.57. The first kappa shape index (κ1) is 11.2. The predicted molar refractivity (Wildman–Crippen MR) is 64.3 cm³/mol. The SMILES string of the molecule is CC(O)CNC(C)c1cc2ccccc2o1. The summed E-state index contributed by atoms with van der Waals surface area (Å²) in [5.41, 5.74) is 0.906. The Morgan fingerprint density at radius 2 is 2.06 bits per heavy atom. The highest BCUT2D eigenvalue weighted by atomic mass is 16.3. The van der Waals surface area contributed by atoms with E-state index in [0.29, 0.717) is 6.54 Å². The zero-order valence-electron chi connectivity index (χ0n) is 9.60. The van der Waals surface area contributed by atoms with E-state index in [1.54, 1.807) is 6.92 Å². The average molecular weight is 219 g/mol. The van der Waals surface area contributed by atoms with Crippen molar-refractivity contribution in [1.82, 2.24) is 5.32 Å². The second kappa shape index (κ2) is 4.68. The van der Waals surface area contributed by atoms with Gasteiger partial charge in [0.2, 0.25) is 0 Å². The van der Waals surface area contributed by atoms with Crippen LogP contribution in [-0.2, 0) is 0 Å². The van der Waals surface area contributed by atoms with E-state index in [1.165, 1.54) is 0 Å². The van der Waals surface area contributed by atoms with Crippen LogP contribution >= 0.6 is 0 Å². The summed E-state index contributed by atoms with van der Waals surface area (Å²) < 4.78 is 5.72. The number of hydrogen-bond acceptors (Lipinski definition) is 3. The Balaban J connectivity index is 2.13. The summed E-state index contributed by atoms with van der Waals surface area (Å²) in [6.07, 6.45) is -0.341. The van der Waals surface area contributed by atoms with Gasteiger partial charge in [0, 0.05) is 11.9 Å². The summed E-state index contributed by atoms with van der Waals surface area (Å²) in [5, 5.41) is 13.5. The third-order valence-corrected chi connectivity index (χ3v) is 2.59. The second-order valence-electron chi connectivity index (χ2n) is 4.17. The zero-order valence-corrected chi connectivity index (χ0v) is 9.60. The number of nitrogens with one attached hydrogen (secondary N) is 1. The molecule has 1 aromatic carbocycles. The lowest BCUT2D eigenvalue weighted by atomic mass is 10.2. The van der Waals surface area contributed by atoms with Crippen molar-refractivity contribution < 1.29 is 9.52 Å². The molecule has 3 nitrogen and oxygen atoms in total. The number of hydrogen-bond donors (Lipinski definition) is 2. The van der Waals surface area contributed by atoms with E-state index in [9.17, 15) is 5.11 Å². The Bertz CT molecular complexity index is 429. The van der Waals surface area contributed by atoms with E-state index in [1.807, 2.05) is 37.3 Å². The zero-order chi connectivity index (χ0) is 11.5. The van der Waals surface area contributed by atoms with Gasteiger partial charge in [-0.25, -0.2) is 0 Å². The molecular weight excluding hydrogens is 202 g/mol. The number of para-hydroxylation sites is 1. The number of furan rings is 1. The molecule has 0 bridgehead atoms. The monoisotopic (exact) mass is 219 g/mol. The van der Waals surface area contributed by atoms with Crippen LogP contribution in [0.1, 0.15) is 25.6 Å². The summed E-state index contributed by atoms with van der Waals surface area (Å²) in [7, 11) is 0. The van der Waals surface area contributed by atoms with Crippen LogP contribution < -0.4 is 5.32 Å². The maximum absolute atomic E-state index is 9.19. The molecule has 0 fully saturated rings. The summed E-state index contributed by atoms with van der Waals surface area (Å²) in [6.45, 7) is 4.36. The van der Waals surface area contributed by atoms with E-state index < -0.39 is 0 Å². The molecule has 0 amide bonds. The van der Waals surface area contributed by atoms with Crippen molar-refractivity contribution in [2.75, 3.05) is 6.54 Å². The van der Waals surface area contributed by atoms with Crippen molar-refractivity contribution in [3.05, 3.63) is 36.1 Å². The molecule has 2 unspecified atom stereocenters. The summed E-state index contributed by atoms with van der Waals surface area (Å²) in [6, 6.07) is 10.1. The third-order valence-electron chi connectivity index (χ3n) is 2.59. The fraction of sp³-hybridized carbons (Fsp3) is 0.385. The van der Waals surface area contributed by atoms with E-state index in [2.05, 4.69) is 5.32 Å². The van der Waals surface area contributed by atoms with Crippen molar-refractivity contribution in [3.63, 3.8) is 0 Å². The number of fused-ring (bicyclic) bond motifs is 1. The minimum atomic E-state index is -0.341. The number of aliphatic hydroxyl groups excluding tert-OH is 1. The number of aliphatic hydroxyl groups is 1. The predicted octanol–water partition coefficient (Wildman–Crippen LogP) is 2.46. The van der Waals surface area contributed by atoms with Crippen LogP contribution in [0.15, 0.2) is 34.7 Å². The molecule has 0 aliphatic heterocycles. The Morgan fingerprint density at radius 3 is 2.75 bits per heavy atom. The second-order valence-corrected chi connectivity index (χ2v) is 4.17. The molecule has 1 aromatic heterocycles. The van der Waals surface area contributed by atoms with Crippen LogP contribution in [0.4, 0.5) is 0 Å². The van der Waals surface area contributed by atoms with Gasteiger partial charge >= 0.3 is 0 Å². The molecule has 0 aliphatic rings. The van der Waals surface area contributed by atoms with E-state index in [0.717, 1.165) is 16.7 Å². The van der Waals surface area contributed by atoms with Crippen molar-refractivity contribution in [3.8, 4) is 0 Å². The molecule has 2 aromatic rings. The van der Waals surface area contributed by atoms with Gasteiger partial charge in [0.1, 0.15) is 11.3 Å². The topological polar surface area (TPSA) is 45.4 Å². The van der Waals surface area contributed by atoms with Crippen molar-refractivity contribution in [2.45, 2.75) is 26.0 Å². The molecule has 0 saturated carbocycles. The van der Waals surface area contributed by atoms with Crippen LogP contribution in [0.3, 0.4) is 0 Å². The molecule has 2 rings (SSSR count). The molecule has 0 radical (unpaired) electrons. The molecule has 1 heterocycles. The Labute approximate surface area is 95.1 Å². The van der Waals surface area contributed by atoms with Gasteiger partial charge in [-0.15, -0.1) is 0 Å². The van der Waals surface area contributed by atoms with Gasteiger partial charge in [-0.2, -0.15) is 0 Å². The smallest absolute Gasteiger partial charge is 0.134 e. The molecule has 0 aliphatic carbocycles. The van der Waals surface area contributed by atoms with Crippen molar-refractivity contribution in [2.24, 2.45) is 0 Å². The normalized spacial score (nSPS) is 15.2. The third kappa shape index (κ3) is 2.43. The number of rotatable bonds is 4. The summed E-state index contributed by atoms with van der Waals surface area (Å²) >= 11 is 0. The van der Waals surface area contributed by atoms with Crippen molar-refractivity contribution in [1.29, 1.82) is 0 Å². The van der Waals surface area contributed by atoms with Gasteiger partial charge in [-0.1, -0.05) is 18.2 Å².